The molecule has 3 fully saturated rings. The van der Waals surface area contributed by atoms with Gasteiger partial charge in [-0.15, -0.1) is 0 Å². The van der Waals surface area contributed by atoms with E-state index in [1.807, 2.05) is 0 Å². The van der Waals surface area contributed by atoms with Crippen LogP contribution in [0.3, 0.4) is 0 Å². The Hall–Kier alpha value is -0.0800. The molecule has 68 valence electrons. The van der Waals surface area contributed by atoms with Crippen LogP contribution in [-0.4, -0.2) is 36.6 Å². The van der Waals surface area contributed by atoms with Crippen LogP contribution in [0.25, 0.3) is 0 Å². The fourth-order valence-electron chi connectivity index (χ4n) is 2.84. The van der Waals surface area contributed by atoms with Gasteiger partial charge in [0.1, 0.15) is 0 Å². The number of likely N-dealkylation sites (tertiary alicyclic amines) is 1. The first-order valence-electron chi connectivity index (χ1n) is 5.37. The van der Waals surface area contributed by atoms with E-state index in [4.69, 9.17) is 0 Å². The molecule has 2 nitrogen and oxygen atoms in total. The van der Waals surface area contributed by atoms with Crippen molar-refractivity contribution in [3.63, 3.8) is 0 Å². The summed E-state index contributed by atoms with van der Waals surface area (Å²) in [7, 11) is 0. The highest BCUT2D eigenvalue weighted by Crippen LogP contribution is 2.48. The molecule has 1 saturated heterocycles. The maximum absolute atomic E-state index is 3.57. The van der Waals surface area contributed by atoms with E-state index < -0.39 is 0 Å². The molecule has 1 N–H and O–H groups in total. The zero-order valence-electron chi connectivity index (χ0n) is 7.79. The molecule has 1 heterocycles. The van der Waals surface area contributed by atoms with Gasteiger partial charge in [0.15, 0.2) is 0 Å². The maximum atomic E-state index is 3.57. The lowest BCUT2D eigenvalue weighted by Crippen LogP contribution is -2.32. The van der Waals surface area contributed by atoms with Crippen molar-refractivity contribution in [1.29, 1.82) is 0 Å². The minimum absolute atomic E-state index is 0.894. The minimum Gasteiger partial charge on any atom is -0.314 e. The van der Waals surface area contributed by atoms with Gasteiger partial charge in [-0.05, 0) is 31.2 Å². The lowest BCUT2D eigenvalue weighted by molar-refractivity contribution is 0.281. The molecule has 12 heavy (non-hydrogen) atoms. The molecule has 0 aromatic rings. The predicted octanol–water partition coefficient (Wildman–Crippen LogP) is 0.688. The molecule has 2 heteroatoms. The Morgan fingerprint density at radius 2 is 1.92 bits per heavy atom. The van der Waals surface area contributed by atoms with Gasteiger partial charge in [-0.25, -0.2) is 0 Å². The van der Waals surface area contributed by atoms with Crippen molar-refractivity contribution in [3.8, 4) is 0 Å². The van der Waals surface area contributed by atoms with Gasteiger partial charge < -0.3 is 5.32 Å². The first-order valence-corrected chi connectivity index (χ1v) is 5.37. The van der Waals surface area contributed by atoms with Crippen LogP contribution in [0.15, 0.2) is 0 Å². The normalized spacial score (nSPS) is 46.2. The van der Waals surface area contributed by atoms with Crippen LogP contribution in [0.4, 0.5) is 0 Å². The lowest BCUT2D eigenvalue weighted by Gasteiger charge is -2.18. The van der Waals surface area contributed by atoms with Gasteiger partial charge in [0.2, 0.25) is 0 Å². The fraction of sp³-hybridized carbons (Fsp3) is 1.00. The van der Waals surface area contributed by atoms with Crippen molar-refractivity contribution < 1.29 is 0 Å². The summed E-state index contributed by atoms with van der Waals surface area (Å²) in [4.78, 5) is 2.71. The Labute approximate surface area is 74.3 Å². The Balaban J connectivity index is 1.52. The number of hydrogen-bond donors (Lipinski definition) is 1. The molecule has 0 bridgehead atoms. The van der Waals surface area contributed by atoms with Crippen LogP contribution in [0, 0.1) is 11.8 Å². The van der Waals surface area contributed by atoms with Crippen LogP contribution < -0.4 is 5.32 Å². The number of rotatable bonds is 3. The topological polar surface area (TPSA) is 15.3 Å². The number of nitrogens with zero attached hydrogens (tertiary/aromatic N) is 1. The van der Waals surface area contributed by atoms with E-state index in [0.29, 0.717) is 0 Å². The van der Waals surface area contributed by atoms with Crippen LogP contribution >= 0.6 is 0 Å². The summed E-state index contributed by atoms with van der Waals surface area (Å²) >= 11 is 0. The first kappa shape index (κ1) is 7.34. The minimum atomic E-state index is 0.894. The molecule has 0 spiro atoms. The highest BCUT2D eigenvalue weighted by atomic mass is 15.3. The third-order valence-electron chi connectivity index (χ3n) is 3.73. The van der Waals surface area contributed by atoms with Gasteiger partial charge in [0, 0.05) is 25.2 Å². The van der Waals surface area contributed by atoms with Crippen LogP contribution in [0.1, 0.15) is 19.8 Å². The van der Waals surface area contributed by atoms with Gasteiger partial charge >= 0.3 is 0 Å². The second-order valence-electron chi connectivity index (χ2n) is 4.60. The van der Waals surface area contributed by atoms with E-state index >= 15 is 0 Å². The first-order chi connectivity index (χ1) is 5.90. The van der Waals surface area contributed by atoms with Crippen molar-refractivity contribution in [3.05, 3.63) is 0 Å². The van der Waals surface area contributed by atoms with Crippen molar-refractivity contribution in [1.82, 2.24) is 10.2 Å². The van der Waals surface area contributed by atoms with Gasteiger partial charge in [-0.3, -0.25) is 4.90 Å². The third kappa shape index (κ3) is 1.01. The van der Waals surface area contributed by atoms with Crippen LogP contribution in [0.2, 0.25) is 0 Å². The van der Waals surface area contributed by atoms with E-state index in [1.165, 1.54) is 25.9 Å². The lowest BCUT2D eigenvalue weighted by atomic mass is 10.3. The summed E-state index contributed by atoms with van der Waals surface area (Å²) in [6.07, 6.45) is 2.95. The largest absolute Gasteiger partial charge is 0.314 e. The molecule has 2 saturated carbocycles. The maximum Gasteiger partial charge on any atom is 0.0155 e. The number of fused-ring (bicyclic) bond motifs is 1. The van der Waals surface area contributed by atoms with E-state index in [-0.39, 0.29) is 0 Å². The molecule has 0 aromatic heterocycles. The number of nitrogens with one attached hydrogen (secondary N) is 1. The Morgan fingerprint density at radius 3 is 2.42 bits per heavy atom. The fourth-order valence-corrected chi connectivity index (χ4v) is 2.84. The predicted molar refractivity (Wildman–Crippen MR) is 49.0 cm³/mol. The second-order valence-corrected chi connectivity index (χ2v) is 4.60. The third-order valence-corrected chi connectivity index (χ3v) is 3.73. The van der Waals surface area contributed by atoms with Crippen LogP contribution in [0.5, 0.6) is 0 Å². The van der Waals surface area contributed by atoms with E-state index in [2.05, 4.69) is 17.1 Å². The van der Waals surface area contributed by atoms with Gasteiger partial charge in [0.25, 0.3) is 0 Å². The summed E-state index contributed by atoms with van der Waals surface area (Å²) < 4.78 is 0. The number of piperidine rings is 1. The van der Waals surface area contributed by atoms with E-state index in [1.54, 1.807) is 0 Å². The highest BCUT2D eigenvalue weighted by Gasteiger charge is 2.56. The average molecular weight is 166 g/mol. The SMILES string of the molecule is CCNC1C2CN(C3CC3)CC21. The summed E-state index contributed by atoms with van der Waals surface area (Å²) in [5, 5.41) is 3.57. The molecule has 0 radical (unpaired) electrons. The quantitative estimate of drug-likeness (QED) is 0.663. The molecule has 0 amide bonds. The standard InChI is InChI=1S/C10H18N2/c1-2-11-10-8-5-12(6-9(8)10)7-3-4-7/h7-11H,2-6H2,1H3. The van der Waals surface area contributed by atoms with Crippen LogP contribution in [-0.2, 0) is 0 Å². The zero-order valence-corrected chi connectivity index (χ0v) is 7.79. The monoisotopic (exact) mass is 166 g/mol. The molecule has 2 unspecified atom stereocenters. The molecule has 0 aromatic carbocycles. The summed E-state index contributed by atoms with van der Waals surface area (Å²) in [5.74, 6) is 2.04. The Kier molecular flexibility index (Phi) is 1.50. The average Bonchev–Trinajstić information content (AvgIpc) is 2.95. The van der Waals surface area contributed by atoms with Crippen molar-refractivity contribution in [2.75, 3.05) is 19.6 Å². The molecular weight excluding hydrogens is 148 g/mol. The van der Waals surface area contributed by atoms with Crippen molar-refractivity contribution in [2.45, 2.75) is 31.8 Å². The van der Waals surface area contributed by atoms with Gasteiger partial charge in [-0.2, -0.15) is 0 Å². The Bertz CT molecular complexity index is 176. The molecule has 2 aliphatic carbocycles. The molecule has 3 aliphatic rings. The zero-order chi connectivity index (χ0) is 8.13. The second kappa shape index (κ2) is 2.46. The molecule has 2 atom stereocenters. The molecular formula is C10H18N2. The number of hydrogen-bond acceptors (Lipinski definition) is 2. The van der Waals surface area contributed by atoms with Crippen molar-refractivity contribution in [2.24, 2.45) is 11.8 Å². The molecule has 1 aliphatic heterocycles. The summed E-state index contributed by atoms with van der Waals surface area (Å²) in [5.41, 5.74) is 0. The Morgan fingerprint density at radius 1 is 1.25 bits per heavy atom. The highest BCUT2D eigenvalue weighted by molar-refractivity contribution is 5.11. The van der Waals surface area contributed by atoms with Gasteiger partial charge in [0.05, 0.1) is 0 Å². The summed E-state index contributed by atoms with van der Waals surface area (Å²) in [6.45, 7) is 6.16. The smallest absolute Gasteiger partial charge is 0.0155 e. The molecule has 3 rings (SSSR count). The van der Waals surface area contributed by atoms with Crippen molar-refractivity contribution >= 4 is 0 Å². The summed E-state index contributed by atoms with van der Waals surface area (Å²) in [6, 6.07) is 1.89. The van der Waals surface area contributed by atoms with E-state index in [9.17, 15) is 0 Å². The van der Waals surface area contributed by atoms with E-state index in [0.717, 1.165) is 30.5 Å². The van der Waals surface area contributed by atoms with Gasteiger partial charge in [-0.1, -0.05) is 6.92 Å².